The average molecular weight is 232 g/mol. The molecule has 1 aromatic carbocycles. The number of carbonyl (C=O) groups excluding carboxylic acids is 1. The van der Waals surface area contributed by atoms with Crippen LogP contribution in [0.25, 0.3) is 11.0 Å². The third kappa shape index (κ3) is 2.55. The highest BCUT2D eigenvalue weighted by molar-refractivity contribution is 5.79. The number of hydrogen-bond donors (Lipinski definition) is 2. The van der Waals surface area contributed by atoms with E-state index in [1.165, 1.54) is 0 Å². The van der Waals surface area contributed by atoms with Gasteiger partial charge in [0.1, 0.15) is 0 Å². The number of hydrogen-bond acceptors (Lipinski definition) is 3. The molecule has 0 aliphatic heterocycles. The number of nitrogen functional groups attached to an aromatic ring is 1. The van der Waals surface area contributed by atoms with Crippen molar-refractivity contribution in [3.63, 3.8) is 0 Å². The Hall–Kier alpha value is -2.04. The molecule has 5 nitrogen and oxygen atoms in total. The van der Waals surface area contributed by atoms with Crippen molar-refractivity contribution in [2.75, 3.05) is 12.3 Å². The van der Waals surface area contributed by atoms with Gasteiger partial charge in [-0.15, -0.1) is 0 Å². The zero-order valence-corrected chi connectivity index (χ0v) is 9.81. The Morgan fingerprint density at radius 2 is 2.35 bits per heavy atom. The summed E-state index contributed by atoms with van der Waals surface area (Å²) in [5, 5.41) is 2.77. The molecule has 0 atom stereocenters. The summed E-state index contributed by atoms with van der Waals surface area (Å²) in [7, 11) is 0. The van der Waals surface area contributed by atoms with E-state index in [-0.39, 0.29) is 5.91 Å². The predicted octanol–water partition coefficient (Wildman–Crippen LogP) is 1.14. The fourth-order valence-electron chi connectivity index (χ4n) is 1.77. The van der Waals surface area contributed by atoms with Gasteiger partial charge in [-0.3, -0.25) is 4.79 Å². The van der Waals surface area contributed by atoms with Gasteiger partial charge in [0.15, 0.2) is 0 Å². The van der Waals surface area contributed by atoms with Crippen LogP contribution in [0.2, 0.25) is 0 Å². The molecule has 0 unspecified atom stereocenters. The van der Waals surface area contributed by atoms with Gasteiger partial charge >= 0.3 is 0 Å². The molecule has 0 spiro atoms. The number of imidazole rings is 1. The molecule has 0 saturated heterocycles. The standard InChI is InChI=1S/C12H16N4O/c1-2-14-12(17)5-6-16-8-15-10-7-9(13)3-4-11(10)16/h3-4,7-8H,2,5-6,13H2,1H3,(H,14,17). The van der Waals surface area contributed by atoms with Gasteiger partial charge in [0.2, 0.25) is 5.91 Å². The maximum Gasteiger partial charge on any atom is 0.221 e. The van der Waals surface area contributed by atoms with Crippen molar-refractivity contribution in [3.8, 4) is 0 Å². The molecule has 5 heteroatoms. The Balaban J connectivity index is 2.11. The molecule has 1 amide bonds. The van der Waals surface area contributed by atoms with E-state index in [1.54, 1.807) is 6.33 Å². The average Bonchev–Trinajstić information content (AvgIpc) is 2.69. The first-order valence-electron chi connectivity index (χ1n) is 5.67. The number of benzene rings is 1. The van der Waals surface area contributed by atoms with E-state index in [2.05, 4.69) is 10.3 Å². The number of fused-ring (bicyclic) bond motifs is 1. The summed E-state index contributed by atoms with van der Waals surface area (Å²) >= 11 is 0. The minimum absolute atomic E-state index is 0.0600. The molecule has 0 saturated carbocycles. The summed E-state index contributed by atoms with van der Waals surface area (Å²) in [6.45, 7) is 3.21. The van der Waals surface area contributed by atoms with Gasteiger partial charge in [-0.1, -0.05) is 0 Å². The molecular formula is C12H16N4O. The summed E-state index contributed by atoms with van der Waals surface area (Å²) < 4.78 is 1.96. The van der Waals surface area contributed by atoms with Crippen LogP contribution in [0.4, 0.5) is 5.69 Å². The number of anilines is 1. The Bertz CT molecular complexity index is 532. The highest BCUT2D eigenvalue weighted by atomic mass is 16.1. The molecule has 2 rings (SSSR count). The number of amides is 1. The first-order valence-corrected chi connectivity index (χ1v) is 5.67. The number of nitrogens with one attached hydrogen (secondary N) is 1. The highest BCUT2D eigenvalue weighted by Crippen LogP contribution is 2.16. The van der Waals surface area contributed by atoms with Crippen LogP contribution in [0.3, 0.4) is 0 Å². The Morgan fingerprint density at radius 1 is 1.53 bits per heavy atom. The van der Waals surface area contributed by atoms with E-state index < -0.39 is 0 Å². The molecule has 2 aromatic rings. The molecule has 1 aromatic heterocycles. The van der Waals surface area contributed by atoms with Crippen LogP contribution >= 0.6 is 0 Å². The molecule has 17 heavy (non-hydrogen) atoms. The summed E-state index contributed by atoms with van der Waals surface area (Å²) in [4.78, 5) is 15.6. The van der Waals surface area contributed by atoms with Gasteiger partial charge < -0.3 is 15.6 Å². The molecule has 0 bridgehead atoms. The number of nitrogens with zero attached hydrogens (tertiary/aromatic N) is 2. The molecule has 3 N–H and O–H groups in total. The smallest absolute Gasteiger partial charge is 0.221 e. The summed E-state index contributed by atoms with van der Waals surface area (Å²) in [5.74, 6) is 0.0600. The van der Waals surface area contributed by atoms with E-state index in [0.29, 0.717) is 25.2 Å². The van der Waals surface area contributed by atoms with Crippen molar-refractivity contribution in [2.24, 2.45) is 0 Å². The molecule has 1 heterocycles. The van der Waals surface area contributed by atoms with E-state index in [4.69, 9.17) is 5.73 Å². The van der Waals surface area contributed by atoms with Crippen LogP contribution in [-0.2, 0) is 11.3 Å². The second-order valence-electron chi connectivity index (χ2n) is 3.89. The zero-order valence-electron chi connectivity index (χ0n) is 9.81. The third-order valence-electron chi connectivity index (χ3n) is 2.60. The summed E-state index contributed by atoms with van der Waals surface area (Å²) in [5.41, 5.74) is 8.25. The second kappa shape index (κ2) is 4.86. The third-order valence-corrected chi connectivity index (χ3v) is 2.60. The maximum atomic E-state index is 11.4. The SMILES string of the molecule is CCNC(=O)CCn1cnc2cc(N)ccc21. The van der Waals surface area contributed by atoms with Gasteiger partial charge in [0.25, 0.3) is 0 Å². The number of carbonyl (C=O) groups is 1. The van der Waals surface area contributed by atoms with Crippen LogP contribution < -0.4 is 11.1 Å². The highest BCUT2D eigenvalue weighted by Gasteiger charge is 2.05. The van der Waals surface area contributed by atoms with Crippen molar-refractivity contribution in [2.45, 2.75) is 19.9 Å². The number of nitrogens with two attached hydrogens (primary N) is 1. The maximum absolute atomic E-state index is 11.4. The summed E-state index contributed by atoms with van der Waals surface area (Å²) in [6.07, 6.45) is 2.20. The van der Waals surface area contributed by atoms with Crippen LogP contribution in [0, 0.1) is 0 Å². The molecule has 0 aliphatic rings. The molecule has 0 aliphatic carbocycles. The monoisotopic (exact) mass is 232 g/mol. The molecule has 90 valence electrons. The first-order chi connectivity index (χ1) is 8.20. The second-order valence-corrected chi connectivity index (χ2v) is 3.89. The molecule has 0 fully saturated rings. The zero-order chi connectivity index (χ0) is 12.3. The predicted molar refractivity (Wildman–Crippen MR) is 67.4 cm³/mol. The Labute approximate surface area is 99.6 Å². The van der Waals surface area contributed by atoms with Gasteiger partial charge in [0.05, 0.1) is 17.4 Å². The van der Waals surface area contributed by atoms with Gasteiger partial charge in [0, 0.05) is 25.2 Å². The number of aromatic nitrogens is 2. The minimum atomic E-state index is 0.0600. The topological polar surface area (TPSA) is 72.9 Å². The van der Waals surface area contributed by atoms with Crippen LogP contribution in [0.1, 0.15) is 13.3 Å². The van der Waals surface area contributed by atoms with Crippen molar-refractivity contribution >= 4 is 22.6 Å². The fraction of sp³-hybridized carbons (Fsp3) is 0.333. The lowest BCUT2D eigenvalue weighted by Crippen LogP contribution is -2.23. The lowest BCUT2D eigenvalue weighted by molar-refractivity contribution is -0.121. The summed E-state index contributed by atoms with van der Waals surface area (Å²) in [6, 6.07) is 5.60. The largest absolute Gasteiger partial charge is 0.399 e. The minimum Gasteiger partial charge on any atom is -0.399 e. The fourth-order valence-corrected chi connectivity index (χ4v) is 1.77. The van der Waals surface area contributed by atoms with Gasteiger partial charge in [-0.25, -0.2) is 4.98 Å². The quantitative estimate of drug-likeness (QED) is 0.776. The van der Waals surface area contributed by atoms with E-state index in [9.17, 15) is 4.79 Å². The van der Waals surface area contributed by atoms with E-state index in [1.807, 2.05) is 29.7 Å². The van der Waals surface area contributed by atoms with Crippen molar-refractivity contribution in [3.05, 3.63) is 24.5 Å². The van der Waals surface area contributed by atoms with Crippen LogP contribution in [0.5, 0.6) is 0 Å². The number of aryl methyl sites for hydroxylation is 1. The molecule has 0 radical (unpaired) electrons. The van der Waals surface area contributed by atoms with E-state index in [0.717, 1.165) is 11.0 Å². The normalized spacial score (nSPS) is 10.6. The van der Waals surface area contributed by atoms with Gasteiger partial charge in [-0.2, -0.15) is 0 Å². The van der Waals surface area contributed by atoms with Crippen molar-refractivity contribution < 1.29 is 4.79 Å². The first kappa shape index (κ1) is 11.4. The van der Waals surface area contributed by atoms with Crippen LogP contribution in [0.15, 0.2) is 24.5 Å². The van der Waals surface area contributed by atoms with Crippen molar-refractivity contribution in [1.82, 2.24) is 14.9 Å². The lowest BCUT2D eigenvalue weighted by atomic mass is 10.3. The lowest BCUT2D eigenvalue weighted by Gasteiger charge is -2.04. The number of rotatable bonds is 4. The Morgan fingerprint density at radius 3 is 3.12 bits per heavy atom. The molecular weight excluding hydrogens is 216 g/mol. The van der Waals surface area contributed by atoms with E-state index >= 15 is 0 Å². The van der Waals surface area contributed by atoms with Gasteiger partial charge in [-0.05, 0) is 25.1 Å². The van der Waals surface area contributed by atoms with Crippen LogP contribution in [-0.4, -0.2) is 22.0 Å². The van der Waals surface area contributed by atoms with Crippen molar-refractivity contribution in [1.29, 1.82) is 0 Å². The Kier molecular flexibility index (Phi) is 3.27.